The lowest BCUT2D eigenvalue weighted by atomic mass is 10.0. The quantitative estimate of drug-likeness (QED) is 0.865. The van der Waals surface area contributed by atoms with Crippen molar-refractivity contribution in [1.82, 2.24) is 5.32 Å². The zero-order valence-corrected chi connectivity index (χ0v) is 12.7. The summed E-state index contributed by atoms with van der Waals surface area (Å²) in [6, 6.07) is 10.2. The Morgan fingerprint density at radius 3 is 2.29 bits per heavy atom. The van der Waals surface area contributed by atoms with E-state index in [0.29, 0.717) is 13.0 Å². The number of benzene rings is 2. The molecule has 2 aromatic carbocycles. The molecular weight excluding hydrogens is 268 g/mol. The number of hydrogen-bond donors (Lipinski definition) is 1. The number of hydrogen-bond acceptors (Lipinski definition) is 1. The van der Waals surface area contributed by atoms with Crippen molar-refractivity contribution in [3.8, 4) is 0 Å². The molecule has 0 aliphatic carbocycles. The Kier molecular flexibility index (Phi) is 5.07. The second-order valence-electron chi connectivity index (χ2n) is 5.55. The Morgan fingerprint density at radius 1 is 1.00 bits per heavy atom. The summed E-state index contributed by atoms with van der Waals surface area (Å²) in [5, 5.41) is 3.34. The van der Waals surface area contributed by atoms with E-state index in [4.69, 9.17) is 0 Å². The monoisotopic (exact) mass is 289 g/mol. The van der Waals surface area contributed by atoms with Gasteiger partial charge < -0.3 is 5.32 Å². The summed E-state index contributed by atoms with van der Waals surface area (Å²) in [7, 11) is 0. The van der Waals surface area contributed by atoms with Gasteiger partial charge in [0.2, 0.25) is 0 Å². The van der Waals surface area contributed by atoms with Gasteiger partial charge in [-0.05, 0) is 56.0 Å². The molecule has 0 spiro atoms. The number of halogens is 2. The summed E-state index contributed by atoms with van der Waals surface area (Å²) < 4.78 is 27.2. The van der Waals surface area contributed by atoms with Crippen molar-refractivity contribution in [1.29, 1.82) is 0 Å². The topological polar surface area (TPSA) is 12.0 Å². The van der Waals surface area contributed by atoms with Crippen LogP contribution in [0.25, 0.3) is 0 Å². The number of aryl methyl sites for hydroxylation is 1. The van der Waals surface area contributed by atoms with Crippen LogP contribution in [-0.2, 0) is 13.0 Å². The van der Waals surface area contributed by atoms with Gasteiger partial charge in [0, 0.05) is 18.2 Å². The van der Waals surface area contributed by atoms with E-state index in [0.717, 1.165) is 0 Å². The van der Waals surface area contributed by atoms with Crippen LogP contribution in [0, 0.1) is 25.5 Å². The van der Waals surface area contributed by atoms with Crippen molar-refractivity contribution < 1.29 is 8.78 Å². The summed E-state index contributed by atoms with van der Waals surface area (Å²) in [6.07, 6.45) is 0.337. The van der Waals surface area contributed by atoms with Crippen molar-refractivity contribution in [2.45, 2.75) is 39.8 Å². The zero-order valence-electron chi connectivity index (χ0n) is 12.7. The lowest BCUT2D eigenvalue weighted by molar-refractivity contribution is 0.499. The predicted molar refractivity (Wildman–Crippen MR) is 82.3 cm³/mol. The van der Waals surface area contributed by atoms with Crippen molar-refractivity contribution in [2.75, 3.05) is 0 Å². The molecule has 0 heterocycles. The molecule has 0 amide bonds. The van der Waals surface area contributed by atoms with Crippen LogP contribution in [-0.4, -0.2) is 6.04 Å². The first kappa shape index (κ1) is 15.6. The highest BCUT2D eigenvalue weighted by Crippen LogP contribution is 2.15. The van der Waals surface area contributed by atoms with E-state index < -0.39 is 11.6 Å². The molecular formula is C18H21F2N. The van der Waals surface area contributed by atoms with Gasteiger partial charge in [-0.2, -0.15) is 0 Å². The van der Waals surface area contributed by atoms with Gasteiger partial charge in [-0.3, -0.25) is 0 Å². The molecule has 2 aromatic rings. The minimum Gasteiger partial charge on any atom is -0.310 e. The third-order valence-electron chi connectivity index (χ3n) is 3.93. The Balaban J connectivity index is 1.99. The molecule has 0 fully saturated rings. The predicted octanol–water partition coefficient (Wildman–Crippen LogP) is 4.30. The van der Waals surface area contributed by atoms with Gasteiger partial charge in [0.25, 0.3) is 0 Å². The Morgan fingerprint density at radius 2 is 1.62 bits per heavy atom. The second kappa shape index (κ2) is 6.81. The van der Waals surface area contributed by atoms with Gasteiger partial charge in [-0.15, -0.1) is 0 Å². The van der Waals surface area contributed by atoms with E-state index in [1.807, 2.05) is 13.0 Å². The number of rotatable bonds is 5. The van der Waals surface area contributed by atoms with Gasteiger partial charge in [0.15, 0.2) is 0 Å². The smallest absolute Gasteiger partial charge is 0.129 e. The molecule has 0 saturated carbocycles. The van der Waals surface area contributed by atoms with Gasteiger partial charge in [0.05, 0.1) is 0 Å². The highest BCUT2D eigenvalue weighted by atomic mass is 19.1. The molecule has 1 atom stereocenters. The third-order valence-corrected chi connectivity index (χ3v) is 3.93. The maximum atomic E-state index is 13.6. The van der Waals surface area contributed by atoms with E-state index in [-0.39, 0.29) is 11.6 Å². The van der Waals surface area contributed by atoms with Gasteiger partial charge >= 0.3 is 0 Å². The van der Waals surface area contributed by atoms with E-state index >= 15 is 0 Å². The zero-order chi connectivity index (χ0) is 15.4. The first-order chi connectivity index (χ1) is 9.99. The van der Waals surface area contributed by atoms with Gasteiger partial charge in [-0.25, -0.2) is 8.78 Å². The minimum absolute atomic E-state index is 0.00341. The largest absolute Gasteiger partial charge is 0.310 e. The lowest BCUT2D eigenvalue weighted by Gasteiger charge is -2.16. The molecule has 0 aromatic heterocycles. The Bertz CT molecular complexity index is 602. The molecule has 1 N–H and O–H groups in total. The first-order valence-electron chi connectivity index (χ1n) is 7.20. The summed E-state index contributed by atoms with van der Waals surface area (Å²) >= 11 is 0. The van der Waals surface area contributed by atoms with Crippen LogP contribution in [0.5, 0.6) is 0 Å². The highest BCUT2D eigenvalue weighted by Gasteiger charge is 2.12. The first-order valence-corrected chi connectivity index (χ1v) is 7.20. The fourth-order valence-corrected chi connectivity index (χ4v) is 2.39. The third kappa shape index (κ3) is 3.88. The standard InChI is InChI=1S/C18H21F2N/c1-12-6-4-7-15(14(12)3)11-21-13(2)10-16-17(19)8-5-9-18(16)20/h4-9,13,21H,10-11H2,1-3H3. The van der Waals surface area contributed by atoms with Gasteiger partial charge in [0.1, 0.15) is 11.6 Å². The van der Waals surface area contributed by atoms with Crippen molar-refractivity contribution in [3.63, 3.8) is 0 Å². The Hall–Kier alpha value is -1.74. The van der Waals surface area contributed by atoms with Crippen LogP contribution in [0.1, 0.15) is 29.2 Å². The highest BCUT2D eigenvalue weighted by molar-refractivity contribution is 5.33. The fourth-order valence-electron chi connectivity index (χ4n) is 2.39. The summed E-state index contributed by atoms with van der Waals surface area (Å²) in [4.78, 5) is 0. The van der Waals surface area contributed by atoms with Crippen molar-refractivity contribution in [3.05, 3.63) is 70.3 Å². The summed E-state index contributed by atoms with van der Waals surface area (Å²) in [5.41, 5.74) is 3.88. The molecule has 2 rings (SSSR count). The summed E-state index contributed by atoms with van der Waals surface area (Å²) in [6.45, 7) is 6.81. The second-order valence-corrected chi connectivity index (χ2v) is 5.55. The maximum absolute atomic E-state index is 13.6. The lowest BCUT2D eigenvalue weighted by Crippen LogP contribution is -2.28. The number of nitrogens with one attached hydrogen (secondary N) is 1. The molecule has 3 heteroatoms. The molecule has 1 nitrogen and oxygen atoms in total. The summed E-state index contributed by atoms with van der Waals surface area (Å²) in [5.74, 6) is -0.953. The average Bonchev–Trinajstić information content (AvgIpc) is 2.45. The maximum Gasteiger partial charge on any atom is 0.129 e. The van der Waals surface area contributed by atoms with E-state index in [2.05, 4.69) is 31.3 Å². The molecule has 0 aliphatic rings. The fraction of sp³-hybridized carbons (Fsp3) is 0.333. The normalized spacial score (nSPS) is 12.4. The molecule has 0 saturated heterocycles. The van der Waals surface area contributed by atoms with E-state index in [9.17, 15) is 8.78 Å². The van der Waals surface area contributed by atoms with Crippen LogP contribution in [0.4, 0.5) is 8.78 Å². The molecule has 1 unspecified atom stereocenters. The van der Waals surface area contributed by atoms with E-state index in [1.54, 1.807) is 0 Å². The van der Waals surface area contributed by atoms with Crippen LogP contribution in [0.3, 0.4) is 0 Å². The average molecular weight is 289 g/mol. The van der Waals surface area contributed by atoms with Crippen LogP contribution >= 0.6 is 0 Å². The van der Waals surface area contributed by atoms with Crippen molar-refractivity contribution in [2.24, 2.45) is 0 Å². The van der Waals surface area contributed by atoms with Crippen molar-refractivity contribution >= 4 is 0 Å². The molecule has 21 heavy (non-hydrogen) atoms. The van der Waals surface area contributed by atoms with Crippen LogP contribution in [0.15, 0.2) is 36.4 Å². The Labute approximate surface area is 125 Å². The minimum atomic E-state index is -0.476. The van der Waals surface area contributed by atoms with Crippen LogP contribution < -0.4 is 5.32 Å². The van der Waals surface area contributed by atoms with Gasteiger partial charge in [-0.1, -0.05) is 24.3 Å². The molecule has 112 valence electrons. The SMILES string of the molecule is Cc1cccc(CNC(C)Cc2c(F)cccc2F)c1C. The molecule has 0 bridgehead atoms. The molecule has 0 radical (unpaired) electrons. The molecule has 0 aliphatic heterocycles. The van der Waals surface area contributed by atoms with Crippen LogP contribution in [0.2, 0.25) is 0 Å². The van der Waals surface area contributed by atoms with E-state index in [1.165, 1.54) is 34.9 Å².